The molecule has 2 heterocycles. The van der Waals surface area contributed by atoms with Gasteiger partial charge >= 0.3 is 373 Å². The van der Waals surface area contributed by atoms with Gasteiger partial charge in [0.05, 0.1) is 0 Å². The fraction of sp³-hybridized carbons (Fsp3) is 0.117. The molecule has 329 valence electrons. The molecule has 0 atom stereocenters. The molecule has 0 N–H and O–H groups in total. The van der Waals surface area contributed by atoms with Crippen molar-refractivity contribution >= 4 is 96.0 Å². The summed E-state index contributed by atoms with van der Waals surface area (Å²) in [6, 6.07) is 43.4. The van der Waals surface area contributed by atoms with Crippen LogP contribution in [0.5, 0.6) is 0 Å². The van der Waals surface area contributed by atoms with Crippen molar-refractivity contribution in [2.24, 2.45) is 0 Å². The Labute approximate surface area is 405 Å². The minimum absolute atomic E-state index is 0.369. The molecular weight excluding hydrogens is 1030 g/mol. The molecule has 6 nitrogen and oxygen atoms in total. The van der Waals surface area contributed by atoms with Gasteiger partial charge in [0.1, 0.15) is 0 Å². The van der Waals surface area contributed by atoms with Crippen LogP contribution in [0, 0.1) is 16.2 Å². The van der Waals surface area contributed by atoms with Crippen molar-refractivity contribution < 1.29 is 37.1 Å². The summed E-state index contributed by atoms with van der Waals surface area (Å²) in [7, 11) is 0.350. The third-order valence-corrected chi connectivity index (χ3v) is 19.4. The van der Waals surface area contributed by atoms with Crippen LogP contribution in [0.25, 0.3) is 49.2 Å². The van der Waals surface area contributed by atoms with E-state index in [2.05, 4.69) is 126 Å². The average molecular weight is 1080 g/mol. The molecule has 2 aliphatic heterocycles. The van der Waals surface area contributed by atoms with Crippen molar-refractivity contribution in [1.82, 2.24) is 9.80 Å². The first-order valence-corrected chi connectivity index (χ1v) is 25.8. The Hall–Kier alpha value is -7.29. The van der Waals surface area contributed by atoms with Gasteiger partial charge in [0.15, 0.2) is 0 Å². The summed E-state index contributed by atoms with van der Waals surface area (Å²) in [6.07, 6.45) is 11.3. The summed E-state index contributed by atoms with van der Waals surface area (Å²) in [4.78, 5) is 58.8. The quantitative estimate of drug-likeness (QED) is 0.0547. The Morgan fingerprint density at radius 2 is 1.06 bits per heavy atom. The predicted molar refractivity (Wildman–Crippen MR) is 274 cm³/mol. The maximum atomic E-state index is 14.5. The average Bonchev–Trinajstić information content (AvgIpc) is 3.84. The Balaban J connectivity index is 1.34. The summed E-state index contributed by atoms with van der Waals surface area (Å²) in [5.74, 6) is 6.01. The zero-order chi connectivity index (χ0) is 47.0. The van der Waals surface area contributed by atoms with Gasteiger partial charge < -0.3 is 0 Å². The van der Waals surface area contributed by atoms with Crippen molar-refractivity contribution in [2.75, 3.05) is 14.1 Å². The third kappa shape index (κ3) is 6.26. The topological polar surface area (TPSA) is 74.8 Å². The molecule has 0 radical (unpaired) electrons. The molecule has 3 aliphatic rings. The van der Waals surface area contributed by atoms with Crippen LogP contribution in [0.2, 0.25) is 0 Å². The number of rotatable bonds is 6. The Morgan fingerprint density at radius 3 is 1.57 bits per heavy atom. The van der Waals surface area contributed by atoms with Crippen LogP contribution in [-0.4, -0.2) is 47.5 Å². The van der Waals surface area contributed by atoms with E-state index in [1.54, 1.807) is 30.1 Å². The first kappa shape index (κ1) is 43.3. The van der Waals surface area contributed by atoms with Crippen LogP contribution in [0.15, 0.2) is 168 Å². The molecule has 0 unspecified atom stereocenters. The van der Waals surface area contributed by atoms with Crippen molar-refractivity contribution in [3.63, 3.8) is 0 Å². The van der Waals surface area contributed by atoms with Gasteiger partial charge in [-0.3, -0.25) is 14.5 Å². The molecule has 0 saturated heterocycles. The van der Waals surface area contributed by atoms with E-state index in [0.717, 1.165) is 68.0 Å². The molecule has 8 aromatic rings. The molecule has 8 heteroatoms. The third-order valence-electron chi connectivity index (χ3n) is 14.0. The maximum absolute atomic E-state index is 14.5. The molecule has 0 spiro atoms. The molecule has 8 aromatic carbocycles. The standard InChI is InChI=1S/C60H43N2O4P.Os/c1-6-18-40-34-49-53-47(57(63)61(4)59(49)65)32-30-46-52-41(35-50-54-48(58(64)62(5)60(50)66)31-29-45(56(52)54)51(40)55(46)53)28-27-38(33-39-20-17-19-37(39)7-2)36(3)67(42-21-11-8-12-22-42,43-23-13-9-14-24-43)44-25-15-10-16-26-44;/h6-16,18,21-26,29-35H,17,19-20H2,1-2,4-5H3;/q+1;/b18-6+,37-7?,38-36?,39-33?;. The number of carbonyl (C=O) groups is 4. The number of imide groups is 2. The molecule has 1 saturated carbocycles. The molecule has 4 amide bonds. The van der Waals surface area contributed by atoms with Crippen LogP contribution in [0.3, 0.4) is 0 Å². The van der Waals surface area contributed by atoms with E-state index in [-0.39, 0.29) is 17.7 Å². The second-order valence-electron chi connectivity index (χ2n) is 17.5. The summed E-state index contributed by atoms with van der Waals surface area (Å²) < 4.78 is 3.82. The monoisotopic (exact) mass is 1080 g/mol. The van der Waals surface area contributed by atoms with Crippen molar-refractivity contribution in [3.8, 4) is 16.2 Å². The first-order valence-electron chi connectivity index (χ1n) is 22.7. The Kier molecular flexibility index (Phi) is 10.7. The summed E-state index contributed by atoms with van der Waals surface area (Å²) >= 11 is 1.72. The predicted octanol–water partition coefficient (Wildman–Crippen LogP) is 11.4. The number of carbonyl (C=O) groups excluding carboxylic acids is 4. The molecule has 68 heavy (non-hydrogen) atoms. The second kappa shape index (κ2) is 16.8. The number of hydrogen-bond acceptors (Lipinski definition) is 4. The SMILES string of the molecule is CC=C1CCCC1=CC(C#Cc1cc2c3c(ccc4c5c(/C=C/C)cc6c7c(ccc(c1c34)c75)C(=O)N(C)C6=O)C(=O)N(C)C2=O)=C([C]#[Os])[P+](c1ccccc1)(c1ccccc1)c1ccccc1. The molecule has 1 aliphatic carbocycles. The van der Waals surface area contributed by atoms with Crippen LogP contribution >= 0.6 is 7.26 Å². The fourth-order valence-electron chi connectivity index (χ4n) is 11.0. The normalized spacial score (nSPS) is 16.5. The van der Waals surface area contributed by atoms with E-state index in [1.807, 2.05) is 43.3 Å². The Morgan fingerprint density at radius 1 is 0.574 bits per heavy atom. The second-order valence-corrected chi connectivity index (χ2v) is 21.5. The van der Waals surface area contributed by atoms with Gasteiger partial charge in [0, 0.05) is 7.05 Å². The van der Waals surface area contributed by atoms with Gasteiger partial charge in [-0.05, 0) is 6.92 Å². The molecule has 1 fully saturated rings. The van der Waals surface area contributed by atoms with Crippen LogP contribution in [-0.2, 0) is 17.9 Å². The number of amides is 4. The van der Waals surface area contributed by atoms with Gasteiger partial charge in [0.2, 0.25) is 0 Å². The number of fused-ring (bicyclic) bond motifs is 2. The molecule has 11 rings (SSSR count). The van der Waals surface area contributed by atoms with E-state index in [1.165, 1.54) is 51.0 Å². The van der Waals surface area contributed by atoms with Crippen molar-refractivity contribution in [1.29, 1.82) is 0 Å². The van der Waals surface area contributed by atoms with Gasteiger partial charge in [-0.15, -0.1) is 0 Å². The van der Waals surface area contributed by atoms with Gasteiger partial charge in [-0.25, -0.2) is 0 Å². The summed E-state index contributed by atoms with van der Waals surface area (Å²) in [5, 5.41) is 10.4. The number of benzene rings is 8. The number of allylic oxidation sites excluding steroid dienone is 7. The minimum atomic E-state index is -2.70. The van der Waals surface area contributed by atoms with Gasteiger partial charge in [0.25, 0.3) is 0 Å². The fourth-order valence-corrected chi connectivity index (χ4v) is 16.7. The van der Waals surface area contributed by atoms with Crippen LogP contribution < -0.4 is 15.9 Å². The molecule has 0 aromatic heterocycles. The van der Waals surface area contributed by atoms with Gasteiger partial charge in [-0.1, -0.05) is 6.08 Å². The zero-order valence-corrected chi connectivity index (χ0v) is 41.3. The van der Waals surface area contributed by atoms with Crippen molar-refractivity contribution in [2.45, 2.75) is 33.1 Å². The van der Waals surface area contributed by atoms with E-state index in [0.29, 0.717) is 38.6 Å². The van der Waals surface area contributed by atoms with Crippen LogP contribution in [0.4, 0.5) is 0 Å². The van der Waals surface area contributed by atoms with E-state index in [9.17, 15) is 19.2 Å². The zero-order valence-electron chi connectivity index (χ0n) is 37.9. The number of nitrogens with zero attached hydrogens (tertiary/aromatic N) is 2. The van der Waals surface area contributed by atoms with Gasteiger partial charge in [-0.2, -0.15) is 0 Å². The van der Waals surface area contributed by atoms with E-state index in [4.69, 9.17) is 0 Å². The van der Waals surface area contributed by atoms with E-state index >= 15 is 0 Å². The number of hydrogen-bond donors (Lipinski definition) is 0. The summed E-state index contributed by atoms with van der Waals surface area (Å²) in [5.41, 5.74) is 6.48. The van der Waals surface area contributed by atoms with E-state index < -0.39 is 13.2 Å². The molecular formula is C60H43N2O4OsP+. The Bertz CT molecular complexity index is 3700. The van der Waals surface area contributed by atoms with Crippen LogP contribution in [0.1, 0.15) is 85.7 Å². The van der Waals surface area contributed by atoms with Crippen molar-refractivity contribution in [3.05, 3.63) is 201 Å². The summed E-state index contributed by atoms with van der Waals surface area (Å²) in [6.45, 7) is 4.03. The first-order chi connectivity index (χ1) is 33.1. The molecule has 0 bridgehead atoms.